The summed E-state index contributed by atoms with van der Waals surface area (Å²) in [5.41, 5.74) is 4.90. The minimum Gasteiger partial charge on any atom is -0.481 e. The molecule has 3 atom stereocenters. The van der Waals surface area contributed by atoms with Crippen molar-refractivity contribution in [1.82, 2.24) is 10.6 Å². The van der Waals surface area contributed by atoms with E-state index < -0.39 is 23.5 Å². The number of hydrogen-bond donors (Lipinski definition) is 4. The van der Waals surface area contributed by atoms with Gasteiger partial charge in [-0.3, -0.25) is 14.4 Å². The highest BCUT2D eigenvalue weighted by molar-refractivity contribution is 5.94. The summed E-state index contributed by atoms with van der Waals surface area (Å²) in [6.07, 6.45) is 1.93. The molecule has 1 rings (SSSR count). The van der Waals surface area contributed by atoms with Crippen LogP contribution in [0.3, 0.4) is 0 Å². The lowest BCUT2D eigenvalue weighted by atomic mass is 9.81. The third-order valence-electron chi connectivity index (χ3n) is 4.25. The Hall–Kier alpha value is -1.63. The first-order valence-corrected chi connectivity index (χ1v) is 7.41. The number of amides is 2. The molecular formula is C14H25N3O4. The van der Waals surface area contributed by atoms with Gasteiger partial charge >= 0.3 is 5.97 Å². The number of nitrogens with one attached hydrogen (secondary N) is 2. The van der Waals surface area contributed by atoms with Crippen molar-refractivity contribution in [1.29, 1.82) is 0 Å². The number of rotatable bonds is 8. The number of carboxylic acids is 1. The van der Waals surface area contributed by atoms with Crippen molar-refractivity contribution >= 4 is 17.8 Å². The van der Waals surface area contributed by atoms with Crippen molar-refractivity contribution in [2.75, 3.05) is 6.54 Å². The smallest absolute Gasteiger partial charge is 0.303 e. The third kappa shape index (κ3) is 4.17. The average molecular weight is 299 g/mol. The maximum atomic E-state index is 12.2. The molecule has 1 fully saturated rings. The van der Waals surface area contributed by atoms with Crippen molar-refractivity contribution in [2.24, 2.45) is 11.7 Å². The van der Waals surface area contributed by atoms with E-state index in [1.165, 1.54) is 0 Å². The van der Waals surface area contributed by atoms with Crippen LogP contribution in [0.15, 0.2) is 0 Å². The highest BCUT2D eigenvalue weighted by atomic mass is 16.4. The molecule has 0 aliphatic carbocycles. The van der Waals surface area contributed by atoms with E-state index in [4.69, 9.17) is 10.8 Å². The lowest BCUT2D eigenvalue weighted by molar-refractivity contribution is -0.137. The molecule has 7 nitrogen and oxygen atoms in total. The maximum absolute atomic E-state index is 12.2. The molecule has 0 bridgehead atoms. The van der Waals surface area contributed by atoms with Crippen molar-refractivity contribution < 1.29 is 19.5 Å². The lowest BCUT2D eigenvalue weighted by Crippen LogP contribution is -2.60. The fourth-order valence-corrected chi connectivity index (χ4v) is 2.62. The second-order valence-corrected chi connectivity index (χ2v) is 5.67. The number of carbonyl (C=O) groups excluding carboxylic acids is 2. The molecule has 1 saturated heterocycles. The molecule has 1 aliphatic rings. The summed E-state index contributed by atoms with van der Waals surface area (Å²) in [5.74, 6) is -1.45. The van der Waals surface area contributed by atoms with Crippen LogP contribution in [0.25, 0.3) is 0 Å². The van der Waals surface area contributed by atoms with Gasteiger partial charge in [-0.2, -0.15) is 0 Å². The van der Waals surface area contributed by atoms with Gasteiger partial charge in [0.05, 0.1) is 6.04 Å². The molecule has 1 aliphatic heterocycles. The highest BCUT2D eigenvalue weighted by Crippen LogP contribution is 2.28. The van der Waals surface area contributed by atoms with Gasteiger partial charge in [-0.1, -0.05) is 20.3 Å². The second kappa shape index (κ2) is 7.40. The average Bonchev–Trinajstić information content (AvgIpc) is 2.79. The molecule has 1 heterocycles. The predicted octanol–water partition coefficient (Wildman–Crippen LogP) is -0.0104. The van der Waals surface area contributed by atoms with Gasteiger partial charge in [0.25, 0.3) is 0 Å². The predicted molar refractivity (Wildman–Crippen MR) is 77.4 cm³/mol. The Kier molecular flexibility index (Phi) is 6.14. The number of aliphatic carboxylic acids is 1. The third-order valence-corrected chi connectivity index (χ3v) is 4.25. The molecule has 5 N–H and O–H groups in total. The van der Waals surface area contributed by atoms with Crippen LogP contribution in [0, 0.1) is 5.92 Å². The van der Waals surface area contributed by atoms with Crippen LogP contribution >= 0.6 is 0 Å². The fraction of sp³-hybridized carbons (Fsp3) is 0.786. The quantitative estimate of drug-likeness (QED) is 0.502. The summed E-state index contributed by atoms with van der Waals surface area (Å²) >= 11 is 0. The number of carbonyl (C=O) groups is 3. The largest absolute Gasteiger partial charge is 0.481 e. The zero-order chi connectivity index (χ0) is 16.0. The number of hydrogen-bond acceptors (Lipinski definition) is 4. The zero-order valence-corrected chi connectivity index (χ0v) is 12.6. The van der Waals surface area contributed by atoms with Gasteiger partial charge in [0.2, 0.25) is 11.8 Å². The topological polar surface area (TPSA) is 122 Å². The van der Waals surface area contributed by atoms with E-state index in [-0.39, 0.29) is 24.7 Å². The summed E-state index contributed by atoms with van der Waals surface area (Å²) in [4.78, 5) is 34.8. The second-order valence-electron chi connectivity index (χ2n) is 5.67. The summed E-state index contributed by atoms with van der Waals surface area (Å²) in [6, 6.07) is -0.793. The normalized spacial score (nSPS) is 24.2. The molecule has 0 aromatic carbocycles. The van der Waals surface area contributed by atoms with Crippen molar-refractivity contribution in [3.63, 3.8) is 0 Å². The Morgan fingerprint density at radius 1 is 1.52 bits per heavy atom. The van der Waals surface area contributed by atoms with E-state index in [0.717, 1.165) is 6.42 Å². The first-order chi connectivity index (χ1) is 9.83. The molecule has 0 aromatic rings. The van der Waals surface area contributed by atoms with Crippen LogP contribution in [0.1, 0.15) is 46.0 Å². The van der Waals surface area contributed by atoms with Crippen LogP contribution in [-0.4, -0.2) is 41.0 Å². The Bertz CT molecular complexity index is 413. The Morgan fingerprint density at radius 2 is 2.19 bits per heavy atom. The number of nitrogens with two attached hydrogens (primary N) is 1. The molecule has 2 amide bonds. The van der Waals surface area contributed by atoms with E-state index in [1.54, 1.807) is 0 Å². The maximum Gasteiger partial charge on any atom is 0.303 e. The van der Waals surface area contributed by atoms with Crippen LogP contribution < -0.4 is 16.4 Å². The first-order valence-electron chi connectivity index (χ1n) is 7.41. The fourth-order valence-electron chi connectivity index (χ4n) is 2.62. The molecule has 0 spiro atoms. The van der Waals surface area contributed by atoms with Gasteiger partial charge in [-0.15, -0.1) is 0 Å². The van der Waals surface area contributed by atoms with Gasteiger partial charge in [-0.25, -0.2) is 0 Å². The van der Waals surface area contributed by atoms with Gasteiger partial charge in [0, 0.05) is 13.0 Å². The first kappa shape index (κ1) is 17.4. The van der Waals surface area contributed by atoms with Crippen molar-refractivity contribution in [2.45, 2.75) is 57.5 Å². The lowest BCUT2D eigenvalue weighted by Gasteiger charge is -2.34. The standard InChI is InChI=1S/C14H25N3O4/c1-3-9(2)14(7-8-16-13(14)21)17-12(20)10(15)5-4-6-11(18)19/h9-10H,3-8,15H2,1-2H3,(H,16,21)(H,17,20)(H,18,19). The molecule has 0 radical (unpaired) electrons. The number of carboxylic acid groups (broad SMARTS) is 1. The molecule has 0 saturated carbocycles. The zero-order valence-electron chi connectivity index (χ0n) is 12.6. The van der Waals surface area contributed by atoms with E-state index in [2.05, 4.69) is 10.6 Å². The molecule has 7 heteroatoms. The van der Waals surface area contributed by atoms with Crippen LogP contribution in [0.5, 0.6) is 0 Å². The van der Waals surface area contributed by atoms with Crippen molar-refractivity contribution in [3.8, 4) is 0 Å². The van der Waals surface area contributed by atoms with Crippen LogP contribution in [0.2, 0.25) is 0 Å². The Balaban J connectivity index is 2.64. The minimum absolute atomic E-state index is 0.00942. The Labute approximate surface area is 124 Å². The summed E-state index contributed by atoms with van der Waals surface area (Å²) < 4.78 is 0. The van der Waals surface area contributed by atoms with E-state index in [9.17, 15) is 14.4 Å². The molecule has 3 unspecified atom stereocenters. The molecule has 120 valence electrons. The summed E-state index contributed by atoms with van der Waals surface area (Å²) in [7, 11) is 0. The molecular weight excluding hydrogens is 274 g/mol. The van der Waals surface area contributed by atoms with E-state index in [0.29, 0.717) is 19.4 Å². The minimum atomic E-state index is -0.908. The molecule has 21 heavy (non-hydrogen) atoms. The van der Waals surface area contributed by atoms with Gasteiger partial charge < -0.3 is 21.5 Å². The van der Waals surface area contributed by atoms with Crippen molar-refractivity contribution in [3.05, 3.63) is 0 Å². The monoisotopic (exact) mass is 299 g/mol. The SMILES string of the molecule is CCC(C)C1(NC(=O)C(N)CCCC(=O)O)CCNC1=O. The highest BCUT2D eigenvalue weighted by Gasteiger charge is 2.47. The van der Waals surface area contributed by atoms with Crippen LogP contribution in [0.4, 0.5) is 0 Å². The van der Waals surface area contributed by atoms with E-state index in [1.807, 2.05) is 13.8 Å². The van der Waals surface area contributed by atoms with Gasteiger partial charge in [0.15, 0.2) is 0 Å². The summed E-state index contributed by atoms with van der Waals surface area (Å²) in [6.45, 7) is 4.44. The van der Waals surface area contributed by atoms with E-state index >= 15 is 0 Å². The van der Waals surface area contributed by atoms with Gasteiger partial charge in [0.1, 0.15) is 5.54 Å². The van der Waals surface area contributed by atoms with Gasteiger partial charge in [-0.05, 0) is 25.2 Å². The Morgan fingerprint density at radius 3 is 2.67 bits per heavy atom. The van der Waals surface area contributed by atoms with Crippen LogP contribution in [-0.2, 0) is 14.4 Å². The molecule has 0 aromatic heterocycles. The summed E-state index contributed by atoms with van der Waals surface area (Å²) in [5, 5.41) is 14.1.